The van der Waals surface area contributed by atoms with Crippen molar-refractivity contribution in [1.82, 2.24) is 5.32 Å². The van der Waals surface area contributed by atoms with E-state index in [0.29, 0.717) is 6.42 Å². The van der Waals surface area contributed by atoms with Gasteiger partial charge >= 0.3 is 0 Å². The van der Waals surface area contributed by atoms with Crippen molar-refractivity contribution in [1.29, 1.82) is 0 Å². The van der Waals surface area contributed by atoms with E-state index < -0.39 is 0 Å². The molecule has 0 aliphatic heterocycles. The number of carbonyl (C=O) groups excluding carboxylic acids is 1. The third kappa shape index (κ3) is 4.43. The highest BCUT2D eigenvalue weighted by molar-refractivity contribution is 6.30. The summed E-state index contributed by atoms with van der Waals surface area (Å²) in [6.45, 7) is 8.69. The fraction of sp³-hybridized carbons (Fsp3) is 0.533. The lowest BCUT2D eigenvalue weighted by Gasteiger charge is -2.25. The zero-order valence-electron chi connectivity index (χ0n) is 11.6. The Hall–Kier alpha value is -0.860. The van der Waals surface area contributed by atoms with Crippen molar-refractivity contribution in [2.75, 3.05) is 6.54 Å². The average molecular weight is 268 g/mol. The highest BCUT2D eigenvalue weighted by Gasteiger charge is 2.28. The van der Waals surface area contributed by atoms with Gasteiger partial charge in [-0.05, 0) is 30.7 Å². The summed E-state index contributed by atoms with van der Waals surface area (Å²) < 4.78 is 0. The second-order valence-electron chi connectivity index (χ2n) is 5.56. The Kier molecular flexibility index (Phi) is 5.36. The first-order chi connectivity index (χ1) is 8.34. The highest BCUT2D eigenvalue weighted by Crippen LogP contribution is 2.19. The number of Topliss-reactive ketones (excluding diaryl/α,β-unsaturated/α-hetero) is 1. The van der Waals surface area contributed by atoms with Crippen LogP contribution in [0.25, 0.3) is 0 Å². The summed E-state index contributed by atoms with van der Waals surface area (Å²) in [6.07, 6.45) is 0.709. The van der Waals surface area contributed by atoms with Gasteiger partial charge in [0.2, 0.25) is 0 Å². The second kappa shape index (κ2) is 6.35. The number of likely N-dealkylation sites (N-methyl/N-ethyl adjacent to an activating group) is 1. The quantitative estimate of drug-likeness (QED) is 0.885. The molecule has 0 aliphatic rings. The van der Waals surface area contributed by atoms with E-state index in [2.05, 4.69) is 5.32 Å². The Morgan fingerprint density at radius 2 is 1.83 bits per heavy atom. The summed E-state index contributed by atoms with van der Waals surface area (Å²) in [7, 11) is 0. The maximum Gasteiger partial charge on any atom is 0.155 e. The molecule has 0 bridgehead atoms. The summed E-state index contributed by atoms with van der Waals surface area (Å²) in [4.78, 5) is 12.3. The van der Waals surface area contributed by atoms with E-state index in [1.807, 2.05) is 52.0 Å². The van der Waals surface area contributed by atoms with Gasteiger partial charge in [0.15, 0.2) is 5.78 Å². The fourth-order valence-corrected chi connectivity index (χ4v) is 2.01. The molecule has 1 aromatic carbocycles. The molecular weight excluding hydrogens is 246 g/mol. The standard InChI is InChI=1S/C15H22ClNO/c1-5-17-13(14(18)15(2,3)4)10-11-6-8-12(16)9-7-11/h6-9,13,17H,5,10H2,1-4H3/t13-/m0/s1. The van der Waals surface area contributed by atoms with Gasteiger partial charge in [-0.15, -0.1) is 0 Å². The molecular formula is C15H22ClNO. The third-order valence-electron chi connectivity index (χ3n) is 2.86. The molecule has 1 rings (SSSR count). The number of halogens is 1. The van der Waals surface area contributed by atoms with Crippen LogP contribution < -0.4 is 5.32 Å². The SMILES string of the molecule is CCN[C@@H](Cc1ccc(Cl)cc1)C(=O)C(C)(C)C. The van der Waals surface area contributed by atoms with E-state index in [1.165, 1.54) is 0 Å². The second-order valence-corrected chi connectivity index (χ2v) is 5.99. The van der Waals surface area contributed by atoms with Gasteiger partial charge in [0.1, 0.15) is 0 Å². The van der Waals surface area contributed by atoms with Crippen molar-refractivity contribution in [2.45, 2.75) is 40.2 Å². The van der Waals surface area contributed by atoms with E-state index in [1.54, 1.807) is 0 Å². The first-order valence-corrected chi connectivity index (χ1v) is 6.74. The van der Waals surface area contributed by atoms with Crippen LogP contribution in [0.15, 0.2) is 24.3 Å². The molecule has 0 fully saturated rings. The summed E-state index contributed by atoms with van der Waals surface area (Å²) in [5, 5.41) is 3.99. The van der Waals surface area contributed by atoms with E-state index in [9.17, 15) is 4.79 Å². The molecule has 2 nitrogen and oxygen atoms in total. The molecule has 18 heavy (non-hydrogen) atoms. The van der Waals surface area contributed by atoms with Crippen LogP contribution >= 0.6 is 11.6 Å². The van der Waals surface area contributed by atoms with Crippen molar-refractivity contribution in [3.05, 3.63) is 34.9 Å². The van der Waals surface area contributed by atoms with Gasteiger partial charge in [0, 0.05) is 10.4 Å². The van der Waals surface area contributed by atoms with Crippen LogP contribution in [-0.4, -0.2) is 18.4 Å². The lowest BCUT2D eigenvalue weighted by Crippen LogP contribution is -2.44. The molecule has 0 amide bonds. The molecule has 0 saturated carbocycles. The topological polar surface area (TPSA) is 29.1 Å². The molecule has 1 atom stereocenters. The molecule has 0 saturated heterocycles. The molecule has 0 aliphatic carbocycles. The first kappa shape index (κ1) is 15.2. The van der Waals surface area contributed by atoms with Gasteiger partial charge in [0.05, 0.1) is 6.04 Å². The van der Waals surface area contributed by atoms with Gasteiger partial charge in [0.25, 0.3) is 0 Å². The summed E-state index contributed by atoms with van der Waals surface area (Å²) >= 11 is 5.86. The van der Waals surface area contributed by atoms with E-state index in [-0.39, 0.29) is 17.2 Å². The molecule has 0 radical (unpaired) electrons. The minimum atomic E-state index is -0.320. The highest BCUT2D eigenvalue weighted by atomic mass is 35.5. The maximum absolute atomic E-state index is 12.3. The third-order valence-corrected chi connectivity index (χ3v) is 3.11. The van der Waals surface area contributed by atoms with Crippen LogP contribution in [0, 0.1) is 5.41 Å². The molecule has 0 spiro atoms. The Labute approximate surface area is 115 Å². The lowest BCUT2D eigenvalue weighted by atomic mass is 9.84. The first-order valence-electron chi connectivity index (χ1n) is 6.36. The van der Waals surface area contributed by atoms with Crippen molar-refractivity contribution >= 4 is 17.4 Å². The maximum atomic E-state index is 12.3. The average Bonchev–Trinajstić information content (AvgIpc) is 2.29. The predicted octanol–water partition coefficient (Wildman–Crippen LogP) is 3.48. The Balaban J connectivity index is 2.80. The van der Waals surface area contributed by atoms with Gasteiger partial charge in [-0.2, -0.15) is 0 Å². The van der Waals surface area contributed by atoms with Gasteiger partial charge in [-0.1, -0.05) is 51.4 Å². The van der Waals surface area contributed by atoms with Crippen LogP contribution in [-0.2, 0) is 11.2 Å². The number of benzene rings is 1. The van der Waals surface area contributed by atoms with Crippen LogP contribution in [0.1, 0.15) is 33.3 Å². The van der Waals surface area contributed by atoms with E-state index >= 15 is 0 Å². The van der Waals surface area contributed by atoms with Crippen LogP contribution in [0.4, 0.5) is 0 Å². The Morgan fingerprint density at radius 1 is 1.28 bits per heavy atom. The van der Waals surface area contributed by atoms with E-state index in [0.717, 1.165) is 17.1 Å². The molecule has 0 aromatic heterocycles. The molecule has 3 heteroatoms. The molecule has 0 unspecified atom stereocenters. The number of rotatable bonds is 5. The smallest absolute Gasteiger partial charge is 0.155 e. The lowest BCUT2D eigenvalue weighted by molar-refractivity contribution is -0.128. The van der Waals surface area contributed by atoms with Crippen molar-refractivity contribution in [3.63, 3.8) is 0 Å². The summed E-state index contributed by atoms with van der Waals surface area (Å²) in [5.74, 6) is 0.249. The largest absolute Gasteiger partial charge is 0.307 e. The summed E-state index contributed by atoms with van der Waals surface area (Å²) in [6, 6.07) is 7.55. The normalized spacial score (nSPS) is 13.4. The van der Waals surface area contributed by atoms with Crippen molar-refractivity contribution < 1.29 is 4.79 Å². The number of hydrogen-bond acceptors (Lipinski definition) is 2. The molecule has 100 valence electrons. The molecule has 0 heterocycles. The van der Waals surface area contributed by atoms with Crippen molar-refractivity contribution in [3.8, 4) is 0 Å². The van der Waals surface area contributed by atoms with Crippen molar-refractivity contribution in [2.24, 2.45) is 5.41 Å². The minimum absolute atomic E-state index is 0.129. The number of nitrogens with one attached hydrogen (secondary N) is 1. The number of carbonyl (C=O) groups is 1. The van der Waals surface area contributed by atoms with Gasteiger partial charge < -0.3 is 5.32 Å². The zero-order chi connectivity index (χ0) is 13.8. The molecule has 1 aromatic rings. The summed E-state index contributed by atoms with van der Waals surface area (Å²) in [5.41, 5.74) is 0.808. The fourth-order valence-electron chi connectivity index (χ4n) is 1.88. The monoisotopic (exact) mass is 267 g/mol. The van der Waals surface area contributed by atoms with Crippen LogP contribution in [0.5, 0.6) is 0 Å². The number of hydrogen-bond donors (Lipinski definition) is 1. The Morgan fingerprint density at radius 3 is 2.28 bits per heavy atom. The van der Waals surface area contributed by atoms with Gasteiger partial charge in [-0.3, -0.25) is 4.79 Å². The zero-order valence-corrected chi connectivity index (χ0v) is 12.3. The minimum Gasteiger partial charge on any atom is -0.307 e. The van der Waals surface area contributed by atoms with E-state index in [4.69, 9.17) is 11.6 Å². The predicted molar refractivity (Wildman–Crippen MR) is 77.1 cm³/mol. The Bertz CT molecular complexity index is 392. The van der Waals surface area contributed by atoms with Crippen LogP contribution in [0.3, 0.4) is 0 Å². The molecule has 1 N–H and O–H groups in total. The van der Waals surface area contributed by atoms with Crippen LogP contribution in [0.2, 0.25) is 5.02 Å². The number of ketones is 1. The van der Waals surface area contributed by atoms with Gasteiger partial charge in [-0.25, -0.2) is 0 Å².